The summed E-state index contributed by atoms with van der Waals surface area (Å²) in [6.45, 7) is 0.442. The first kappa shape index (κ1) is 18.6. The number of hydrogen-bond acceptors (Lipinski definition) is 5. The molecule has 0 unspecified atom stereocenters. The van der Waals surface area contributed by atoms with Crippen molar-refractivity contribution in [3.05, 3.63) is 69.8 Å². The second kappa shape index (κ2) is 7.73. The highest BCUT2D eigenvalue weighted by molar-refractivity contribution is 9.10. The number of benzene rings is 1. The van der Waals surface area contributed by atoms with Crippen LogP contribution in [0.1, 0.15) is 15.2 Å². The Morgan fingerprint density at radius 1 is 1.25 bits per heavy atom. The van der Waals surface area contributed by atoms with Gasteiger partial charge in [-0.05, 0) is 42.0 Å². The molecule has 6 nitrogen and oxygen atoms in total. The van der Waals surface area contributed by atoms with Crippen molar-refractivity contribution in [1.82, 2.24) is 19.9 Å². The number of anilines is 1. The van der Waals surface area contributed by atoms with Gasteiger partial charge in [0.05, 0.1) is 4.88 Å². The van der Waals surface area contributed by atoms with Crippen LogP contribution in [0.4, 0.5) is 5.95 Å². The lowest BCUT2D eigenvalue weighted by molar-refractivity contribution is 0.0955. The zero-order valence-electron chi connectivity index (χ0n) is 15.4. The van der Waals surface area contributed by atoms with Crippen molar-refractivity contribution < 1.29 is 4.79 Å². The van der Waals surface area contributed by atoms with Gasteiger partial charge in [0.25, 0.3) is 5.91 Å². The highest BCUT2D eigenvalue weighted by Crippen LogP contribution is 2.33. The third kappa shape index (κ3) is 3.65. The first-order valence-electron chi connectivity index (χ1n) is 8.65. The van der Waals surface area contributed by atoms with Crippen molar-refractivity contribution in [3.63, 3.8) is 0 Å². The topological polar surface area (TPSA) is 63.1 Å². The minimum atomic E-state index is -0.111. The molecule has 1 amide bonds. The third-order valence-electron chi connectivity index (χ3n) is 4.20. The summed E-state index contributed by atoms with van der Waals surface area (Å²) < 4.78 is 3.09. The molecule has 0 aliphatic carbocycles. The quantitative estimate of drug-likeness (QED) is 0.488. The number of halogens is 1. The summed E-state index contributed by atoms with van der Waals surface area (Å²) in [4.78, 5) is 25.0. The second-order valence-electron chi connectivity index (χ2n) is 6.46. The van der Waals surface area contributed by atoms with Crippen LogP contribution in [-0.4, -0.2) is 34.5 Å². The van der Waals surface area contributed by atoms with Crippen LogP contribution in [0.15, 0.2) is 59.3 Å². The lowest BCUT2D eigenvalue weighted by atomic mass is 10.3. The maximum Gasteiger partial charge on any atom is 0.261 e. The number of nitrogens with one attached hydrogen (secondary N) is 1. The highest BCUT2D eigenvalue weighted by Gasteiger charge is 2.19. The molecular formula is C20H18BrN5OS. The van der Waals surface area contributed by atoms with E-state index in [0.717, 1.165) is 32.0 Å². The van der Waals surface area contributed by atoms with E-state index in [2.05, 4.69) is 30.8 Å². The number of aromatic nitrogens is 3. The van der Waals surface area contributed by atoms with E-state index >= 15 is 0 Å². The number of carbonyl (C=O) groups excluding carboxylic acids is 1. The molecule has 0 saturated carbocycles. The molecule has 28 heavy (non-hydrogen) atoms. The lowest BCUT2D eigenvalue weighted by Gasteiger charge is -2.14. The Hall–Kier alpha value is -2.71. The van der Waals surface area contributed by atoms with Gasteiger partial charge in [-0.25, -0.2) is 4.98 Å². The second-order valence-corrected chi connectivity index (χ2v) is 8.41. The molecule has 3 heterocycles. The molecule has 0 saturated heterocycles. The van der Waals surface area contributed by atoms with Crippen LogP contribution in [0.3, 0.4) is 0 Å². The van der Waals surface area contributed by atoms with Crippen molar-refractivity contribution in [3.8, 4) is 5.69 Å². The van der Waals surface area contributed by atoms with E-state index in [9.17, 15) is 4.79 Å². The van der Waals surface area contributed by atoms with Crippen LogP contribution in [-0.2, 0) is 6.54 Å². The SMILES string of the molecule is CN(C)c1nc2cc(C(=O)NCc3cccnc3)sc2n1-c1ccc(Br)cc1. The number of nitrogens with zero attached hydrogens (tertiary/aromatic N) is 4. The van der Waals surface area contributed by atoms with Crippen molar-refractivity contribution in [2.45, 2.75) is 6.54 Å². The number of imidazole rings is 1. The first-order chi connectivity index (χ1) is 13.5. The highest BCUT2D eigenvalue weighted by atomic mass is 79.9. The van der Waals surface area contributed by atoms with E-state index < -0.39 is 0 Å². The van der Waals surface area contributed by atoms with Gasteiger partial charge in [-0.2, -0.15) is 0 Å². The van der Waals surface area contributed by atoms with Gasteiger partial charge in [-0.1, -0.05) is 22.0 Å². The molecule has 142 valence electrons. The average Bonchev–Trinajstić information content (AvgIpc) is 3.26. The fourth-order valence-corrected chi connectivity index (χ4v) is 4.16. The van der Waals surface area contributed by atoms with E-state index in [1.807, 2.05) is 61.5 Å². The lowest BCUT2D eigenvalue weighted by Crippen LogP contribution is -2.21. The number of carbonyl (C=O) groups is 1. The zero-order chi connectivity index (χ0) is 19.7. The largest absolute Gasteiger partial charge is 0.348 e. The molecule has 0 aliphatic rings. The van der Waals surface area contributed by atoms with Gasteiger partial charge in [0.2, 0.25) is 5.95 Å². The predicted octanol–water partition coefficient (Wildman–Crippen LogP) is 4.24. The van der Waals surface area contributed by atoms with Crippen LogP contribution >= 0.6 is 27.3 Å². The predicted molar refractivity (Wildman–Crippen MR) is 116 cm³/mol. The standard InChI is InChI=1S/C20H18BrN5OS/c1-25(2)20-24-16-10-17(18(27)23-12-13-4-3-9-22-11-13)28-19(16)26(20)15-7-5-14(21)6-8-15/h3-11H,12H2,1-2H3,(H,23,27). The van der Waals surface area contributed by atoms with E-state index in [1.54, 1.807) is 12.4 Å². The van der Waals surface area contributed by atoms with E-state index in [0.29, 0.717) is 11.4 Å². The Morgan fingerprint density at radius 2 is 2.04 bits per heavy atom. The zero-order valence-corrected chi connectivity index (χ0v) is 17.8. The number of thiophene rings is 1. The molecule has 4 rings (SSSR count). The first-order valence-corrected chi connectivity index (χ1v) is 10.3. The van der Waals surface area contributed by atoms with Gasteiger partial charge < -0.3 is 10.2 Å². The number of hydrogen-bond donors (Lipinski definition) is 1. The summed E-state index contributed by atoms with van der Waals surface area (Å²) in [7, 11) is 3.92. The Kier molecular flexibility index (Phi) is 5.15. The fraction of sp³-hybridized carbons (Fsp3) is 0.150. The van der Waals surface area contributed by atoms with E-state index in [4.69, 9.17) is 4.98 Å². The van der Waals surface area contributed by atoms with Gasteiger partial charge in [0, 0.05) is 43.2 Å². The number of rotatable bonds is 5. The summed E-state index contributed by atoms with van der Waals surface area (Å²) in [6, 6.07) is 13.7. The molecule has 0 aliphatic heterocycles. The smallest absolute Gasteiger partial charge is 0.261 e. The molecule has 0 bridgehead atoms. The van der Waals surface area contributed by atoms with E-state index in [-0.39, 0.29) is 5.91 Å². The molecule has 0 spiro atoms. The van der Waals surface area contributed by atoms with Gasteiger partial charge in [-0.3, -0.25) is 14.3 Å². The van der Waals surface area contributed by atoms with Gasteiger partial charge in [-0.15, -0.1) is 11.3 Å². The van der Waals surface area contributed by atoms with Gasteiger partial charge in [0.15, 0.2) is 0 Å². The Bertz CT molecular complexity index is 1120. The van der Waals surface area contributed by atoms with Crippen molar-refractivity contribution in [2.75, 3.05) is 19.0 Å². The van der Waals surface area contributed by atoms with E-state index in [1.165, 1.54) is 11.3 Å². The Labute approximate surface area is 175 Å². The van der Waals surface area contributed by atoms with Crippen LogP contribution in [0.2, 0.25) is 0 Å². The summed E-state index contributed by atoms with van der Waals surface area (Å²) in [6.07, 6.45) is 3.46. The number of amides is 1. The van der Waals surface area contributed by atoms with Crippen LogP contribution < -0.4 is 10.2 Å². The third-order valence-corrected chi connectivity index (χ3v) is 5.84. The average molecular weight is 456 g/mol. The van der Waals surface area contributed by atoms with Crippen LogP contribution in [0.25, 0.3) is 16.0 Å². The minimum Gasteiger partial charge on any atom is -0.348 e. The molecular weight excluding hydrogens is 438 g/mol. The Morgan fingerprint density at radius 3 is 2.71 bits per heavy atom. The number of pyridine rings is 1. The fourth-order valence-electron chi connectivity index (χ4n) is 2.87. The molecule has 3 aromatic heterocycles. The summed E-state index contributed by atoms with van der Waals surface area (Å²) in [5.41, 5.74) is 2.77. The van der Waals surface area contributed by atoms with Gasteiger partial charge in [0.1, 0.15) is 10.3 Å². The van der Waals surface area contributed by atoms with Crippen LogP contribution in [0, 0.1) is 0 Å². The summed E-state index contributed by atoms with van der Waals surface area (Å²) in [5.74, 6) is 0.714. The molecule has 0 fully saturated rings. The molecule has 1 N–H and O–H groups in total. The van der Waals surface area contributed by atoms with Crippen molar-refractivity contribution in [2.24, 2.45) is 0 Å². The summed E-state index contributed by atoms with van der Waals surface area (Å²) in [5, 5.41) is 2.95. The summed E-state index contributed by atoms with van der Waals surface area (Å²) >= 11 is 4.91. The van der Waals surface area contributed by atoms with Gasteiger partial charge >= 0.3 is 0 Å². The maximum atomic E-state index is 12.6. The van der Waals surface area contributed by atoms with Crippen molar-refractivity contribution >= 4 is 49.5 Å². The maximum absolute atomic E-state index is 12.6. The normalized spacial score (nSPS) is 11.0. The van der Waals surface area contributed by atoms with Crippen molar-refractivity contribution in [1.29, 1.82) is 0 Å². The molecule has 0 radical (unpaired) electrons. The Balaban J connectivity index is 1.67. The monoisotopic (exact) mass is 455 g/mol. The molecule has 8 heteroatoms. The number of fused-ring (bicyclic) bond motifs is 1. The van der Waals surface area contributed by atoms with Crippen LogP contribution in [0.5, 0.6) is 0 Å². The molecule has 0 atom stereocenters. The minimum absolute atomic E-state index is 0.111. The molecule has 4 aromatic rings. The molecule has 1 aromatic carbocycles.